The highest BCUT2D eigenvalue weighted by molar-refractivity contribution is 4.94. The molecule has 1 aliphatic rings. The summed E-state index contributed by atoms with van der Waals surface area (Å²) in [6.45, 7) is 2.62. The van der Waals surface area contributed by atoms with Crippen molar-refractivity contribution >= 4 is 0 Å². The molecule has 0 aromatic carbocycles. The Morgan fingerprint density at radius 3 is 2.86 bits per heavy atom. The van der Waals surface area contributed by atoms with E-state index in [1.54, 1.807) is 6.92 Å². The smallest absolute Gasteiger partial charge is 0.0672 e. The molecule has 1 aliphatic carbocycles. The Morgan fingerprint density at radius 2 is 2.21 bits per heavy atom. The molecule has 3 unspecified atom stereocenters. The maximum Gasteiger partial charge on any atom is 0.0672 e. The van der Waals surface area contributed by atoms with Crippen molar-refractivity contribution < 1.29 is 5.11 Å². The lowest BCUT2D eigenvalue weighted by atomic mass is 9.85. The Bertz CT molecular complexity index is 198. The van der Waals surface area contributed by atoms with Gasteiger partial charge in [-0.1, -0.05) is 12.8 Å². The molecule has 0 aliphatic heterocycles. The van der Waals surface area contributed by atoms with Crippen molar-refractivity contribution in [2.75, 3.05) is 6.54 Å². The fourth-order valence-electron chi connectivity index (χ4n) is 2.01. The van der Waals surface area contributed by atoms with E-state index in [9.17, 15) is 0 Å². The summed E-state index contributed by atoms with van der Waals surface area (Å²) in [4.78, 5) is 0. The summed E-state index contributed by atoms with van der Waals surface area (Å²) in [6, 6.07) is 2.72. The van der Waals surface area contributed by atoms with Crippen LogP contribution < -0.4 is 5.32 Å². The highest BCUT2D eigenvalue weighted by atomic mass is 16.3. The molecule has 14 heavy (non-hydrogen) atoms. The second kappa shape index (κ2) is 6.00. The van der Waals surface area contributed by atoms with Gasteiger partial charge in [0.05, 0.1) is 18.1 Å². The first-order valence-electron chi connectivity index (χ1n) is 5.55. The fourth-order valence-corrected chi connectivity index (χ4v) is 2.01. The maximum absolute atomic E-state index is 9.10. The van der Waals surface area contributed by atoms with Crippen molar-refractivity contribution in [3.05, 3.63) is 0 Å². The maximum atomic E-state index is 9.10. The Kier molecular flexibility index (Phi) is 4.92. The zero-order valence-electron chi connectivity index (χ0n) is 8.87. The van der Waals surface area contributed by atoms with Gasteiger partial charge in [-0.2, -0.15) is 5.26 Å². The van der Waals surface area contributed by atoms with Crippen LogP contribution in [0.5, 0.6) is 0 Å². The third-order valence-corrected chi connectivity index (χ3v) is 2.90. The average molecular weight is 196 g/mol. The number of aliphatic hydroxyl groups excluding tert-OH is 1. The van der Waals surface area contributed by atoms with E-state index in [1.165, 1.54) is 12.8 Å². The molecule has 0 heterocycles. The van der Waals surface area contributed by atoms with Crippen LogP contribution in [0.25, 0.3) is 0 Å². The number of nitriles is 1. The number of aliphatic hydroxyl groups is 1. The molecule has 0 aromatic heterocycles. The van der Waals surface area contributed by atoms with E-state index in [0.717, 1.165) is 25.8 Å². The second-order valence-electron chi connectivity index (χ2n) is 4.22. The normalized spacial score (nSPS) is 29.5. The highest BCUT2D eigenvalue weighted by Gasteiger charge is 2.23. The minimum absolute atomic E-state index is 0.178. The van der Waals surface area contributed by atoms with Gasteiger partial charge in [0.15, 0.2) is 0 Å². The van der Waals surface area contributed by atoms with Crippen molar-refractivity contribution in [1.82, 2.24) is 5.32 Å². The van der Waals surface area contributed by atoms with Crippen molar-refractivity contribution in [2.45, 2.75) is 51.2 Å². The van der Waals surface area contributed by atoms with Crippen LogP contribution in [0.1, 0.15) is 39.0 Å². The SMILES string of the molecule is CC(O)CCNC1CCCCC1C#N. The molecule has 1 rings (SSSR count). The van der Waals surface area contributed by atoms with Crippen LogP contribution in [0, 0.1) is 17.2 Å². The minimum atomic E-state index is -0.244. The quantitative estimate of drug-likeness (QED) is 0.715. The molecule has 3 atom stereocenters. The highest BCUT2D eigenvalue weighted by Crippen LogP contribution is 2.23. The minimum Gasteiger partial charge on any atom is -0.393 e. The number of hydrogen-bond acceptors (Lipinski definition) is 3. The van der Waals surface area contributed by atoms with Crippen molar-refractivity contribution in [1.29, 1.82) is 5.26 Å². The molecule has 0 bridgehead atoms. The van der Waals surface area contributed by atoms with Gasteiger partial charge in [-0.3, -0.25) is 0 Å². The van der Waals surface area contributed by atoms with Gasteiger partial charge < -0.3 is 10.4 Å². The third kappa shape index (κ3) is 3.65. The van der Waals surface area contributed by atoms with Gasteiger partial charge in [0.25, 0.3) is 0 Å². The topological polar surface area (TPSA) is 56.0 Å². The third-order valence-electron chi connectivity index (χ3n) is 2.90. The van der Waals surface area contributed by atoms with Crippen molar-refractivity contribution in [3.63, 3.8) is 0 Å². The van der Waals surface area contributed by atoms with Gasteiger partial charge in [-0.25, -0.2) is 0 Å². The van der Waals surface area contributed by atoms with Crippen LogP contribution in [-0.4, -0.2) is 23.8 Å². The lowest BCUT2D eigenvalue weighted by Crippen LogP contribution is -2.39. The molecule has 0 spiro atoms. The van der Waals surface area contributed by atoms with Crippen LogP contribution in [-0.2, 0) is 0 Å². The van der Waals surface area contributed by atoms with Gasteiger partial charge in [0.1, 0.15) is 0 Å². The first kappa shape index (κ1) is 11.5. The van der Waals surface area contributed by atoms with Crippen molar-refractivity contribution in [3.8, 4) is 6.07 Å². The lowest BCUT2D eigenvalue weighted by molar-refractivity contribution is 0.179. The Morgan fingerprint density at radius 1 is 1.50 bits per heavy atom. The molecular formula is C11H20N2O. The molecule has 1 saturated carbocycles. The molecule has 0 amide bonds. The van der Waals surface area contributed by atoms with Crippen LogP contribution in [0.4, 0.5) is 0 Å². The predicted molar refractivity (Wildman–Crippen MR) is 55.7 cm³/mol. The van der Waals surface area contributed by atoms with E-state index in [1.807, 2.05) is 0 Å². The van der Waals surface area contributed by atoms with Crippen molar-refractivity contribution in [2.24, 2.45) is 5.92 Å². The summed E-state index contributed by atoms with van der Waals surface area (Å²) in [5, 5.41) is 21.4. The number of nitrogens with one attached hydrogen (secondary N) is 1. The summed E-state index contributed by atoms with van der Waals surface area (Å²) in [6.07, 6.45) is 5.08. The molecule has 2 N–H and O–H groups in total. The Hall–Kier alpha value is -0.590. The summed E-state index contributed by atoms with van der Waals surface area (Å²) >= 11 is 0. The summed E-state index contributed by atoms with van der Waals surface area (Å²) in [5.41, 5.74) is 0. The first-order chi connectivity index (χ1) is 6.74. The molecular weight excluding hydrogens is 176 g/mol. The van der Waals surface area contributed by atoms with E-state index in [4.69, 9.17) is 10.4 Å². The average Bonchev–Trinajstić information content (AvgIpc) is 2.18. The molecule has 3 heteroatoms. The lowest BCUT2D eigenvalue weighted by Gasteiger charge is -2.27. The fraction of sp³-hybridized carbons (Fsp3) is 0.909. The predicted octanol–water partition coefficient (Wildman–Crippen LogP) is 1.43. The van der Waals surface area contributed by atoms with Gasteiger partial charge in [-0.15, -0.1) is 0 Å². The summed E-state index contributed by atoms with van der Waals surface area (Å²) in [5.74, 6) is 0.178. The van der Waals surface area contributed by atoms with E-state index in [2.05, 4.69) is 11.4 Å². The van der Waals surface area contributed by atoms with Gasteiger partial charge >= 0.3 is 0 Å². The van der Waals surface area contributed by atoms with Gasteiger partial charge in [-0.05, 0) is 32.7 Å². The molecule has 0 radical (unpaired) electrons. The Labute approximate surface area is 86.1 Å². The summed E-state index contributed by atoms with van der Waals surface area (Å²) < 4.78 is 0. The molecule has 0 aromatic rings. The summed E-state index contributed by atoms with van der Waals surface area (Å²) in [7, 11) is 0. The number of hydrogen-bond donors (Lipinski definition) is 2. The van der Waals surface area contributed by atoms with E-state index < -0.39 is 0 Å². The largest absolute Gasteiger partial charge is 0.393 e. The first-order valence-corrected chi connectivity index (χ1v) is 5.55. The van der Waals surface area contributed by atoms with Crippen LogP contribution in [0.2, 0.25) is 0 Å². The van der Waals surface area contributed by atoms with E-state index >= 15 is 0 Å². The number of nitrogens with zero attached hydrogens (tertiary/aromatic N) is 1. The van der Waals surface area contributed by atoms with E-state index in [0.29, 0.717) is 6.04 Å². The standard InChI is InChI=1S/C11H20N2O/c1-9(14)6-7-13-11-5-3-2-4-10(11)8-12/h9-11,13-14H,2-7H2,1H3. The van der Waals surface area contributed by atoms with Crippen LogP contribution in [0.15, 0.2) is 0 Å². The van der Waals surface area contributed by atoms with Crippen LogP contribution >= 0.6 is 0 Å². The number of rotatable bonds is 4. The van der Waals surface area contributed by atoms with Gasteiger partial charge in [0.2, 0.25) is 0 Å². The molecule has 80 valence electrons. The molecule has 1 fully saturated rings. The van der Waals surface area contributed by atoms with E-state index in [-0.39, 0.29) is 12.0 Å². The van der Waals surface area contributed by atoms with Crippen LogP contribution in [0.3, 0.4) is 0 Å². The zero-order valence-corrected chi connectivity index (χ0v) is 8.87. The monoisotopic (exact) mass is 196 g/mol. The van der Waals surface area contributed by atoms with Gasteiger partial charge in [0, 0.05) is 6.04 Å². The zero-order chi connectivity index (χ0) is 10.4. The molecule has 0 saturated heterocycles. The Balaban J connectivity index is 2.24. The molecule has 3 nitrogen and oxygen atoms in total. The second-order valence-corrected chi connectivity index (χ2v) is 4.22.